The zero-order chi connectivity index (χ0) is 19.8. The number of aliphatic hydroxyl groups is 1. The Balaban J connectivity index is 1.77. The maximum atomic E-state index is 11.1. The summed E-state index contributed by atoms with van der Waals surface area (Å²) in [5.41, 5.74) is -0.321. The van der Waals surface area contributed by atoms with Crippen LogP contribution in [0.15, 0.2) is 0 Å². The van der Waals surface area contributed by atoms with E-state index in [0.29, 0.717) is 30.5 Å². The molecule has 4 nitrogen and oxygen atoms in total. The van der Waals surface area contributed by atoms with Gasteiger partial charge in [0.15, 0.2) is 0 Å². The van der Waals surface area contributed by atoms with Crippen LogP contribution < -0.4 is 0 Å². The largest absolute Gasteiger partial charge is 0.458 e. The first-order valence-electron chi connectivity index (χ1n) is 10.6. The molecule has 2 fully saturated rings. The zero-order valence-corrected chi connectivity index (χ0v) is 19.0. The summed E-state index contributed by atoms with van der Waals surface area (Å²) >= 11 is 2.77. The zero-order valence-electron chi connectivity index (χ0n) is 17.4. The van der Waals surface area contributed by atoms with Gasteiger partial charge in [-0.1, -0.05) is 20.3 Å². The first kappa shape index (κ1) is 23.4. The third-order valence-corrected chi connectivity index (χ3v) is 8.35. The summed E-state index contributed by atoms with van der Waals surface area (Å²) in [4.78, 5) is 11.1. The Hall–Kier alpha value is 0.0900. The minimum Gasteiger partial charge on any atom is -0.458 e. The Labute approximate surface area is 173 Å². The van der Waals surface area contributed by atoms with Gasteiger partial charge >= 0.3 is 5.30 Å². The van der Waals surface area contributed by atoms with Crippen molar-refractivity contribution < 1.29 is 19.4 Å². The maximum Gasteiger partial charge on any atom is 0.367 e. The number of fused-ring (bicyclic) bond motifs is 1. The minimum atomic E-state index is -0.321. The van der Waals surface area contributed by atoms with E-state index in [1.54, 1.807) is 18.0 Å². The van der Waals surface area contributed by atoms with Gasteiger partial charge < -0.3 is 14.6 Å². The average molecular weight is 419 g/mol. The van der Waals surface area contributed by atoms with Crippen LogP contribution in [0.3, 0.4) is 0 Å². The molecule has 0 aromatic heterocycles. The standard InChI is InChI=1S/C21H38O4S2/c1-14-7-9-18(19-13-25-15(2)8-10-17(14)19)16(3)20(22)27-12-6-5-11-24-21(23)26-4/h14-20,22H,5-13H2,1-4H3/t14-,15?,16?,17+,18+,19?,20+/m1/s1. The van der Waals surface area contributed by atoms with E-state index in [1.807, 2.05) is 0 Å². The predicted molar refractivity (Wildman–Crippen MR) is 115 cm³/mol. The number of rotatable bonds is 8. The number of carbonyl (C=O) groups is 1. The number of carbonyl (C=O) groups excluding carboxylic acids is 1. The molecule has 1 N–H and O–H groups in total. The molecule has 1 saturated heterocycles. The second-order valence-electron chi connectivity index (χ2n) is 8.40. The third-order valence-electron chi connectivity index (χ3n) is 6.60. The second-order valence-corrected chi connectivity index (χ2v) is 10.4. The lowest BCUT2D eigenvalue weighted by molar-refractivity contribution is -0.0201. The molecule has 6 heteroatoms. The molecule has 0 amide bonds. The molecule has 0 radical (unpaired) electrons. The summed E-state index contributed by atoms with van der Waals surface area (Å²) in [6, 6.07) is 0. The number of hydrogen-bond acceptors (Lipinski definition) is 6. The fraction of sp³-hybridized carbons (Fsp3) is 0.952. The summed E-state index contributed by atoms with van der Waals surface area (Å²) < 4.78 is 11.2. The first-order chi connectivity index (χ1) is 12.9. The van der Waals surface area contributed by atoms with Gasteiger partial charge in [-0.25, -0.2) is 4.79 Å². The smallest absolute Gasteiger partial charge is 0.367 e. The van der Waals surface area contributed by atoms with E-state index in [2.05, 4.69) is 20.8 Å². The van der Waals surface area contributed by atoms with Crippen LogP contribution >= 0.6 is 23.5 Å². The summed E-state index contributed by atoms with van der Waals surface area (Å²) in [6.07, 6.45) is 8.86. The SMILES string of the molecule is CSC(=O)OCCCCS[C@H](O)C(C)[C@@H]1CC[C@@H](C)[C@@H]2CCC(C)OCC12. The van der Waals surface area contributed by atoms with Crippen molar-refractivity contribution in [3.05, 3.63) is 0 Å². The molecule has 7 atom stereocenters. The molecule has 1 saturated carbocycles. The summed E-state index contributed by atoms with van der Waals surface area (Å²) in [6.45, 7) is 8.17. The van der Waals surface area contributed by atoms with Crippen molar-refractivity contribution in [3.63, 3.8) is 0 Å². The van der Waals surface area contributed by atoms with E-state index >= 15 is 0 Å². The fourth-order valence-electron chi connectivity index (χ4n) is 4.79. The normalized spacial score (nSPS) is 33.6. The van der Waals surface area contributed by atoms with E-state index < -0.39 is 0 Å². The van der Waals surface area contributed by atoms with E-state index in [4.69, 9.17) is 9.47 Å². The van der Waals surface area contributed by atoms with E-state index in [-0.39, 0.29) is 10.7 Å². The monoisotopic (exact) mass is 418 g/mol. The fourth-order valence-corrected chi connectivity index (χ4v) is 6.11. The predicted octanol–water partition coefficient (Wildman–Crippen LogP) is 5.43. The lowest BCUT2D eigenvalue weighted by Crippen LogP contribution is -2.41. The molecule has 0 bridgehead atoms. The van der Waals surface area contributed by atoms with Crippen LogP contribution in [0.1, 0.15) is 59.3 Å². The van der Waals surface area contributed by atoms with Gasteiger partial charge in [-0.2, -0.15) is 0 Å². The van der Waals surface area contributed by atoms with Crippen molar-refractivity contribution >= 4 is 28.8 Å². The Morgan fingerprint density at radius 2 is 1.96 bits per heavy atom. The molecule has 1 aliphatic heterocycles. The van der Waals surface area contributed by atoms with Crippen molar-refractivity contribution in [3.8, 4) is 0 Å². The molecule has 2 rings (SSSR count). The highest BCUT2D eigenvalue weighted by Gasteiger charge is 2.42. The van der Waals surface area contributed by atoms with Crippen LogP contribution in [0.2, 0.25) is 0 Å². The van der Waals surface area contributed by atoms with Crippen molar-refractivity contribution in [2.75, 3.05) is 25.2 Å². The second kappa shape index (κ2) is 11.9. The lowest BCUT2D eigenvalue weighted by Gasteiger charge is -2.44. The Bertz CT molecular complexity index is 448. The summed E-state index contributed by atoms with van der Waals surface area (Å²) in [7, 11) is 0. The number of thioether (sulfide) groups is 2. The van der Waals surface area contributed by atoms with Gasteiger partial charge in [-0.3, -0.25) is 0 Å². The van der Waals surface area contributed by atoms with E-state index in [9.17, 15) is 9.90 Å². The highest BCUT2D eigenvalue weighted by Crippen LogP contribution is 2.47. The van der Waals surface area contributed by atoms with Gasteiger partial charge in [0.25, 0.3) is 0 Å². The number of aliphatic hydroxyl groups excluding tert-OH is 1. The van der Waals surface area contributed by atoms with Crippen molar-refractivity contribution in [1.82, 2.24) is 0 Å². The average Bonchev–Trinajstić information content (AvgIpc) is 2.86. The lowest BCUT2D eigenvalue weighted by atomic mass is 9.63. The van der Waals surface area contributed by atoms with Crippen molar-refractivity contribution in [2.45, 2.75) is 70.8 Å². The Morgan fingerprint density at radius 1 is 1.19 bits per heavy atom. The van der Waals surface area contributed by atoms with E-state index in [1.165, 1.54) is 25.7 Å². The minimum absolute atomic E-state index is 0.211. The molecular weight excluding hydrogens is 380 g/mol. The molecule has 0 aromatic carbocycles. The van der Waals surface area contributed by atoms with Crippen LogP contribution in [0.25, 0.3) is 0 Å². The van der Waals surface area contributed by atoms with Crippen LogP contribution in [-0.2, 0) is 9.47 Å². The van der Waals surface area contributed by atoms with Crippen LogP contribution in [0.4, 0.5) is 4.79 Å². The molecule has 0 aromatic rings. The molecular formula is C21H38O4S2. The molecule has 2 aliphatic rings. The van der Waals surface area contributed by atoms with Crippen molar-refractivity contribution in [2.24, 2.45) is 29.6 Å². The Morgan fingerprint density at radius 3 is 2.70 bits per heavy atom. The molecule has 3 unspecified atom stereocenters. The van der Waals surface area contributed by atoms with Gasteiger partial charge in [0.2, 0.25) is 0 Å². The topological polar surface area (TPSA) is 55.8 Å². The van der Waals surface area contributed by atoms with Gasteiger partial charge in [0.1, 0.15) is 5.44 Å². The quantitative estimate of drug-likeness (QED) is 0.322. The maximum absolute atomic E-state index is 11.1. The van der Waals surface area contributed by atoms with Crippen LogP contribution in [-0.4, -0.2) is 47.2 Å². The van der Waals surface area contributed by atoms with E-state index in [0.717, 1.165) is 48.8 Å². The molecule has 0 spiro atoms. The van der Waals surface area contributed by atoms with Gasteiger partial charge in [0, 0.05) is 0 Å². The highest BCUT2D eigenvalue weighted by atomic mass is 32.2. The molecule has 158 valence electrons. The highest BCUT2D eigenvalue weighted by molar-refractivity contribution is 8.12. The number of hydrogen-bond donors (Lipinski definition) is 1. The Kier molecular flexibility index (Phi) is 10.3. The summed E-state index contributed by atoms with van der Waals surface area (Å²) in [5.74, 6) is 3.88. The molecule has 1 heterocycles. The van der Waals surface area contributed by atoms with Crippen LogP contribution in [0.5, 0.6) is 0 Å². The first-order valence-corrected chi connectivity index (χ1v) is 12.8. The third kappa shape index (κ3) is 7.13. The number of ether oxygens (including phenoxy) is 2. The van der Waals surface area contributed by atoms with Gasteiger partial charge in [-0.05, 0) is 92.4 Å². The summed E-state index contributed by atoms with van der Waals surface area (Å²) in [5, 5.41) is 10.6. The molecule has 27 heavy (non-hydrogen) atoms. The van der Waals surface area contributed by atoms with Gasteiger partial charge in [-0.15, -0.1) is 11.8 Å². The number of unbranched alkanes of at least 4 members (excludes halogenated alkanes) is 1. The van der Waals surface area contributed by atoms with Gasteiger partial charge in [0.05, 0.1) is 19.3 Å². The van der Waals surface area contributed by atoms with Crippen LogP contribution in [0, 0.1) is 29.6 Å². The van der Waals surface area contributed by atoms with Crippen molar-refractivity contribution in [1.29, 1.82) is 0 Å². The molecule has 1 aliphatic carbocycles.